The lowest BCUT2D eigenvalue weighted by molar-refractivity contribution is 0.798. The molecule has 1 unspecified atom stereocenters. The van der Waals surface area contributed by atoms with Crippen molar-refractivity contribution in [2.45, 2.75) is 26.2 Å². The highest BCUT2D eigenvalue weighted by Crippen LogP contribution is 2.33. The summed E-state index contributed by atoms with van der Waals surface area (Å²) in [6.45, 7) is 2.19. The van der Waals surface area contributed by atoms with Gasteiger partial charge in [-0.25, -0.2) is 4.98 Å². The average molecular weight is 292 g/mol. The number of pyridine rings is 2. The van der Waals surface area contributed by atoms with Crippen molar-refractivity contribution in [2.24, 2.45) is 0 Å². The van der Waals surface area contributed by atoms with Gasteiger partial charge >= 0.3 is 0 Å². The fourth-order valence-electron chi connectivity index (χ4n) is 2.48. The predicted octanol–water partition coefficient (Wildman–Crippen LogP) is 4.22. The highest BCUT2D eigenvalue weighted by molar-refractivity contribution is 7.15. The molecular weight excluding hydrogens is 277 g/mol. The first-order valence-electron chi connectivity index (χ1n) is 6.41. The van der Waals surface area contributed by atoms with E-state index in [0.717, 1.165) is 29.4 Å². The molecule has 0 aliphatic carbocycles. The van der Waals surface area contributed by atoms with Crippen molar-refractivity contribution < 1.29 is 0 Å². The fourth-order valence-corrected chi connectivity index (χ4v) is 3.11. The first-order chi connectivity index (χ1) is 9.22. The number of aromatic nitrogens is 3. The molecular formula is C14H15ClN3P. The van der Waals surface area contributed by atoms with E-state index in [1.54, 1.807) is 6.20 Å². The Morgan fingerprint density at radius 1 is 1.42 bits per heavy atom. The molecule has 98 valence electrons. The lowest BCUT2D eigenvalue weighted by Gasteiger charge is -2.04. The number of hydrogen-bond acceptors (Lipinski definition) is 2. The SMILES string of the molecule is CCCCc1cc(Cl)nc2c1c1cnccc1n2P. The van der Waals surface area contributed by atoms with Crippen LogP contribution in [0.15, 0.2) is 24.5 Å². The van der Waals surface area contributed by atoms with E-state index < -0.39 is 0 Å². The minimum Gasteiger partial charge on any atom is -0.310 e. The molecule has 0 radical (unpaired) electrons. The van der Waals surface area contributed by atoms with E-state index in [4.69, 9.17) is 11.6 Å². The minimum atomic E-state index is 0.554. The van der Waals surface area contributed by atoms with Crippen LogP contribution in [0.4, 0.5) is 0 Å². The minimum absolute atomic E-state index is 0.554. The van der Waals surface area contributed by atoms with Crippen LogP contribution in [0.1, 0.15) is 25.3 Å². The van der Waals surface area contributed by atoms with Gasteiger partial charge < -0.3 is 4.34 Å². The normalized spacial score (nSPS) is 11.5. The van der Waals surface area contributed by atoms with Gasteiger partial charge in [0.05, 0.1) is 5.52 Å². The molecule has 3 aromatic heterocycles. The summed E-state index contributed by atoms with van der Waals surface area (Å²) in [6, 6.07) is 3.98. The fraction of sp³-hybridized carbons (Fsp3) is 0.286. The van der Waals surface area contributed by atoms with E-state index in [1.807, 2.05) is 22.7 Å². The second-order valence-electron chi connectivity index (χ2n) is 4.67. The Bertz CT molecular complexity index is 751. The number of rotatable bonds is 3. The van der Waals surface area contributed by atoms with E-state index in [9.17, 15) is 0 Å². The van der Waals surface area contributed by atoms with Gasteiger partial charge in [-0.2, -0.15) is 0 Å². The summed E-state index contributed by atoms with van der Waals surface area (Å²) in [4.78, 5) is 8.70. The quantitative estimate of drug-likeness (QED) is 0.534. The van der Waals surface area contributed by atoms with Crippen molar-refractivity contribution in [1.29, 1.82) is 0 Å². The van der Waals surface area contributed by atoms with Gasteiger partial charge in [-0.1, -0.05) is 24.9 Å². The van der Waals surface area contributed by atoms with Crippen LogP contribution in [-0.4, -0.2) is 14.3 Å². The first kappa shape index (κ1) is 12.8. The molecule has 3 nitrogen and oxygen atoms in total. The highest BCUT2D eigenvalue weighted by Gasteiger charge is 2.14. The topological polar surface area (TPSA) is 30.7 Å². The molecule has 5 heteroatoms. The van der Waals surface area contributed by atoms with Crippen LogP contribution in [0.25, 0.3) is 21.9 Å². The van der Waals surface area contributed by atoms with Gasteiger partial charge in [-0.05, 0) is 39.9 Å². The Balaban J connectivity index is 2.38. The van der Waals surface area contributed by atoms with Crippen molar-refractivity contribution in [3.8, 4) is 0 Å². The second kappa shape index (κ2) is 5.07. The zero-order valence-electron chi connectivity index (χ0n) is 10.7. The van der Waals surface area contributed by atoms with Gasteiger partial charge in [0.1, 0.15) is 10.8 Å². The third-order valence-electron chi connectivity index (χ3n) is 3.41. The number of aryl methyl sites for hydroxylation is 1. The molecule has 0 aliphatic rings. The van der Waals surface area contributed by atoms with Gasteiger partial charge in [-0.15, -0.1) is 0 Å². The van der Waals surface area contributed by atoms with E-state index in [2.05, 4.69) is 26.3 Å². The number of fused-ring (bicyclic) bond motifs is 3. The second-order valence-corrected chi connectivity index (χ2v) is 5.57. The Morgan fingerprint density at radius 2 is 2.26 bits per heavy atom. The summed E-state index contributed by atoms with van der Waals surface area (Å²) in [6.07, 6.45) is 7.05. The summed E-state index contributed by atoms with van der Waals surface area (Å²) in [5.41, 5.74) is 3.28. The molecule has 0 aliphatic heterocycles. The van der Waals surface area contributed by atoms with Crippen LogP contribution in [-0.2, 0) is 6.42 Å². The van der Waals surface area contributed by atoms with Crippen LogP contribution in [0.5, 0.6) is 0 Å². The molecule has 0 spiro atoms. The molecule has 3 aromatic rings. The van der Waals surface area contributed by atoms with Gasteiger partial charge in [0.15, 0.2) is 0 Å². The smallest absolute Gasteiger partial charge is 0.145 e. The van der Waals surface area contributed by atoms with Crippen LogP contribution in [0.2, 0.25) is 5.15 Å². The van der Waals surface area contributed by atoms with Crippen molar-refractivity contribution in [1.82, 2.24) is 14.3 Å². The molecule has 0 amide bonds. The third kappa shape index (κ3) is 2.11. The zero-order chi connectivity index (χ0) is 13.4. The lowest BCUT2D eigenvalue weighted by Crippen LogP contribution is -1.90. The molecule has 0 saturated carbocycles. The summed E-state index contributed by atoms with van der Waals surface area (Å²) in [5.74, 6) is 0. The first-order valence-corrected chi connectivity index (χ1v) is 7.30. The summed E-state index contributed by atoms with van der Waals surface area (Å²) >= 11 is 6.15. The molecule has 19 heavy (non-hydrogen) atoms. The van der Waals surface area contributed by atoms with E-state index >= 15 is 0 Å². The van der Waals surface area contributed by atoms with Crippen LogP contribution in [0.3, 0.4) is 0 Å². The summed E-state index contributed by atoms with van der Waals surface area (Å²) in [5, 5.41) is 2.87. The summed E-state index contributed by atoms with van der Waals surface area (Å²) < 4.78 is 2.01. The molecule has 0 saturated heterocycles. The monoisotopic (exact) mass is 291 g/mol. The predicted molar refractivity (Wildman–Crippen MR) is 83.8 cm³/mol. The number of halogens is 1. The van der Waals surface area contributed by atoms with Crippen molar-refractivity contribution in [2.75, 3.05) is 0 Å². The molecule has 3 heterocycles. The molecule has 0 aromatic carbocycles. The van der Waals surface area contributed by atoms with E-state index in [0.29, 0.717) is 5.15 Å². The van der Waals surface area contributed by atoms with Gasteiger partial charge in [0, 0.05) is 23.2 Å². The largest absolute Gasteiger partial charge is 0.310 e. The highest BCUT2D eigenvalue weighted by atomic mass is 35.5. The Hall–Kier alpha value is -1.18. The summed E-state index contributed by atoms with van der Waals surface area (Å²) in [7, 11) is 2.71. The Labute approximate surface area is 119 Å². The third-order valence-corrected chi connectivity index (χ3v) is 4.12. The van der Waals surface area contributed by atoms with Gasteiger partial charge in [-0.3, -0.25) is 4.98 Å². The van der Waals surface area contributed by atoms with Crippen molar-refractivity contribution >= 4 is 42.9 Å². The lowest BCUT2D eigenvalue weighted by atomic mass is 10.0. The van der Waals surface area contributed by atoms with Crippen LogP contribution in [0, 0.1) is 0 Å². The molecule has 1 atom stereocenters. The van der Waals surface area contributed by atoms with E-state index in [1.165, 1.54) is 17.4 Å². The number of nitrogens with zero attached hydrogens (tertiary/aromatic N) is 3. The zero-order valence-corrected chi connectivity index (χ0v) is 12.6. The molecule has 0 fully saturated rings. The average Bonchev–Trinajstić information content (AvgIpc) is 2.70. The van der Waals surface area contributed by atoms with E-state index in [-0.39, 0.29) is 0 Å². The van der Waals surface area contributed by atoms with Crippen LogP contribution >= 0.6 is 21.0 Å². The maximum atomic E-state index is 6.15. The van der Waals surface area contributed by atoms with Gasteiger partial charge in [0.2, 0.25) is 0 Å². The van der Waals surface area contributed by atoms with Gasteiger partial charge in [0.25, 0.3) is 0 Å². The number of hydrogen-bond donors (Lipinski definition) is 0. The van der Waals surface area contributed by atoms with Crippen molar-refractivity contribution in [3.05, 3.63) is 35.2 Å². The molecule has 0 N–H and O–H groups in total. The van der Waals surface area contributed by atoms with Crippen molar-refractivity contribution in [3.63, 3.8) is 0 Å². The Kier molecular flexibility index (Phi) is 3.42. The Morgan fingerprint density at radius 3 is 3.05 bits per heavy atom. The maximum absolute atomic E-state index is 6.15. The van der Waals surface area contributed by atoms with Crippen LogP contribution < -0.4 is 0 Å². The molecule has 0 bridgehead atoms. The standard InChI is InChI=1S/C14H15ClN3P/c1-2-3-4-9-7-12(15)17-14-13(9)10-8-16-6-5-11(10)18(14)19/h5-8H,2-4,19H2,1H3. The number of unbranched alkanes of at least 4 members (excludes halogenated alkanes) is 1. The molecule has 3 rings (SSSR count). The maximum Gasteiger partial charge on any atom is 0.145 e.